The SMILES string of the molecule is COc1ccccc1CN(C)C(=O)COC(=O)CNC(=O)c1cccc(F)c1. The lowest BCUT2D eigenvalue weighted by atomic mass is 10.2. The molecule has 2 amide bonds. The van der Waals surface area contributed by atoms with Gasteiger partial charge in [0.05, 0.1) is 7.11 Å². The van der Waals surface area contributed by atoms with Crippen LogP contribution in [0.5, 0.6) is 5.75 Å². The van der Waals surface area contributed by atoms with Crippen LogP contribution in [0.25, 0.3) is 0 Å². The van der Waals surface area contributed by atoms with Crippen LogP contribution in [-0.4, -0.2) is 50.0 Å². The molecule has 0 unspecified atom stereocenters. The summed E-state index contributed by atoms with van der Waals surface area (Å²) in [4.78, 5) is 37.1. The highest BCUT2D eigenvalue weighted by molar-refractivity contribution is 5.96. The first-order valence-electron chi connectivity index (χ1n) is 8.46. The summed E-state index contributed by atoms with van der Waals surface area (Å²) in [5, 5.41) is 2.31. The van der Waals surface area contributed by atoms with Gasteiger partial charge in [-0.25, -0.2) is 4.39 Å². The third-order valence-corrected chi connectivity index (χ3v) is 3.86. The van der Waals surface area contributed by atoms with Crippen molar-refractivity contribution in [3.8, 4) is 5.75 Å². The van der Waals surface area contributed by atoms with Gasteiger partial charge in [0, 0.05) is 24.7 Å². The molecule has 8 heteroatoms. The number of para-hydroxylation sites is 1. The summed E-state index contributed by atoms with van der Waals surface area (Å²) in [6.07, 6.45) is 0. The van der Waals surface area contributed by atoms with Crippen LogP contribution in [0.2, 0.25) is 0 Å². The molecular formula is C20H21FN2O5. The molecule has 2 aromatic rings. The van der Waals surface area contributed by atoms with E-state index in [0.717, 1.165) is 11.6 Å². The Morgan fingerprint density at radius 2 is 1.86 bits per heavy atom. The Labute approximate surface area is 162 Å². The zero-order valence-electron chi connectivity index (χ0n) is 15.6. The van der Waals surface area contributed by atoms with Gasteiger partial charge in [-0.05, 0) is 24.3 Å². The molecule has 148 valence electrons. The lowest BCUT2D eigenvalue weighted by Gasteiger charge is -2.18. The number of hydrogen-bond acceptors (Lipinski definition) is 5. The Balaban J connectivity index is 1.77. The van der Waals surface area contributed by atoms with E-state index in [-0.39, 0.29) is 12.1 Å². The maximum atomic E-state index is 13.1. The lowest BCUT2D eigenvalue weighted by molar-refractivity contribution is -0.150. The molecule has 0 aliphatic carbocycles. The minimum Gasteiger partial charge on any atom is -0.496 e. The summed E-state index contributed by atoms with van der Waals surface area (Å²) in [7, 11) is 3.12. The Kier molecular flexibility index (Phi) is 7.50. The average molecular weight is 388 g/mol. The number of halogens is 1. The normalized spacial score (nSPS) is 10.1. The van der Waals surface area contributed by atoms with Gasteiger partial charge in [0.15, 0.2) is 6.61 Å². The number of likely N-dealkylation sites (N-methyl/N-ethyl adjacent to an activating group) is 1. The molecule has 0 fully saturated rings. The fourth-order valence-corrected chi connectivity index (χ4v) is 2.36. The fraction of sp³-hybridized carbons (Fsp3) is 0.250. The maximum Gasteiger partial charge on any atom is 0.325 e. The number of nitrogens with zero attached hydrogens (tertiary/aromatic N) is 1. The van der Waals surface area contributed by atoms with Crippen molar-refractivity contribution in [2.24, 2.45) is 0 Å². The van der Waals surface area contributed by atoms with Crippen molar-refractivity contribution in [1.82, 2.24) is 10.2 Å². The molecule has 2 aromatic carbocycles. The number of amides is 2. The number of rotatable bonds is 8. The Morgan fingerprint density at radius 3 is 2.57 bits per heavy atom. The molecule has 28 heavy (non-hydrogen) atoms. The predicted octanol–water partition coefficient (Wildman–Crippen LogP) is 1.77. The number of esters is 1. The van der Waals surface area contributed by atoms with E-state index in [1.807, 2.05) is 18.2 Å². The van der Waals surface area contributed by atoms with Crippen LogP contribution in [0, 0.1) is 5.82 Å². The summed E-state index contributed by atoms with van der Waals surface area (Å²) in [6.45, 7) is -0.601. The third-order valence-electron chi connectivity index (χ3n) is 3.86. The van der Waals surface area contributed by atoms with Crippen LogP contribution in [0.4, 0.5) is 4.39 Å². The molecule has 1 N–H and O–H groups in total. The van der Waals surface area contributed by atoms with E-state index in [1.54, 1.807) is 20.2 Å². The number of hydrogen-bond donors (Lipinski definition) is 1. The largest absolute Gasteiger partial charge is 0.496 e. The zero-order valence-corrected chi connectivity index (χ0v) is 15.6. The Bertz CT molecular complexity index is 856. The Morgan fingerprint density at radius 1 is 1.11 bits per heavy atom. The van der Waals surface area contributed by atoms with E-state index in [2.05, 4.69) is 5.32 Å². The van der Waals surface area contributed by atoms with E-state index in [1.165, 1.54) is 23.1 Å². The molecule has 0 saturated heterocycles. The monoisotopic (exact) mass is 388 g/mol. The van der Waals surface area contributed by atoms with Gasteiger partial charge < -0.3 is 19.7 Å². The van der Waals surface area contributed by atoms with Gasteiger partial charge in [-0.2, -0.15) is 0 Å². The Hall–Kier alpha value is -3.42. The topological polar surface area (TPSA) is 84.9 Å². The van der Waals surface area contributed by atoms with Crippen molar-refractivity contribution in [1.29, 1.82) is 0 Å². The minimum absolute atomic E-state index is 0.0837. The molecule has 0 aromatic heterocycles. The number of benzene rings is 2. The first-order valence-corrected chi connectivity index (χ1v) is 8.46. The van der Waals surface area contributed by atoms with E-state index in [9.17, 15) is 18.8 Å². The smallest absolute Gasteiger partial charge is 0.325 e. The summed E-state index contributed by atoms with van der Waals surface area (Å²) >= 11 is 0. The van der Waals surface area contributed by atoms with Crippen molar-refractivity contribution in [3.05, 3.63) is 65.5 Å². The third kappa shape index (κ3) is 6.08. The van der Waals surface area contributed by atoms with Gasteiger partial charge in [-0.1, -0.05) is 24.3 Å². The average Bonchev–Trinajstić information content (AvgIpc) is 2.70. The second kappa shape index (κ2) is 10.1. The van der Waals surface area contributed by atoms with Crippen LogP contribution in [0.1, 0.15) is 15.9 Å². The van der Waals surface area contributed by atoms with Crippen LogP contribution in [-0.2, 0) is 20.9 Å². The quantitative estimate of drug-likeness (QED) is 0.697. The summed E-state index contributed by atoms with van der Waals surface area (Å²) in [5.74, 6) is -1.70. The molecule has 0 radical (unpaired) electrons. The summed E-state index contributed by atoms with van der Waals surface area (Å²) < 4.78 is 23.2. The predicted molar refractivity (Wildman–Crippen MR) is 99.2 cm³/mol. The first-order chi connectivity index (χ1) is 13.4. The number of ether oxygens (including phenoxy) is 2. The molecular weight excluding hydrogens is 367 g/mol. The molecule has 0 bridgehead atoms. The molecule has 2 rings (SSSR count). The van der Waals surface area contributed by atoms with Gasteiger partial charge in [0.25, 0.3) is 11.8 Å². The van der Waals surface area contributed by atoms with Crippen molar-refractivity contribution in [3.63, 3.8) is 0 Å². The van der Waals surface area contributed by atoms with Crippen LogP contribution >= 0.6 is 0 Å². The molecule has 0 aliphatic rings. The van der Waals surface area contributed by atoms with E-state index >= 15 is 0 Å². The van der Waals surface area contributed by atoms with Gasteiger partial charge in [-0.3, -0.25) is 14.4 Å². The number of nitrogens with one attached hydrogen (secondary N) is 1. The number of carbonyl (C=O) groups excluding carboxylic acids is 3. The fourth-order valence-electron chi connectivity index (χ4n) is 2.36. The zero-order chi connectivity index (χ0) is 20.5. The van der Waals surface area contributed by atoms with Crippen LogP contribution in [0.3, 0.4) is 0 Å². The molecule has 0 atom stereocenters. The van der Waals surface area contributed by atoms with Crippen LogP contribution < -0.4 is 10.1 Å². The van der Waals surface area contributed by atoms with Gasteiger partial charge in [0.2, 0.25) is 0 Å². The van der Waals surface area contributed by atoms with Crippen molar-refractivity contribution < 1.29 is 28.2 Å². The van der Waals surface area contributed by atoms with Crippen molar-refractivity contribution in [2.45, 2.75) is 6.54 Å². The number of methoxy groups -OCH3 is 1. The van der Waals surface area contributed by atoms with Gasteiger partial charge >= 0.3 is 5.97 Å². The molecule has 7 nitrogen and oxygen atoms in total. The second-order valence-corrected chi connectivity index (χ2v) is 5.92. The van der Waals surface area contributed by atoms with E-state index < -0.39 is 36.8 Å². The molecule has 0 heterocycles. The highest BCUT2D eigenvalue weighted by Crippen LogP contribution is 2.18. The van der Waals surface area contributed by atoms with E-state index in [0.29, 0.717) is 5.75 Å². The molecule has 0 aliphatic heterocycles. The highest BCUT2D eigenvalue weighted by Gasteiger charge is 2.15. The van der Waals surface area contributed by atoms with Crippen molar-refractivity contribution >= 4 is 17.8 Å². The molecule has 0 saturated carbocycles. The lowest BCUT2D eigenvalue weighted by Crippen LogP contribution is -2.34. The van der Waals surface area contributed by atoms with Crippen molar-refractivity contribution in [2.75, 3.05) is 27.3 Å². The summed E-state index contributed by atoms with van der Waals surface area (Å²) in [5.41, 5.74) is 0.898. The second-order valence-electron chi connectivity index (χ2n) is 5.92. The first kappa shape index (κ1) is 20.9. The van der Waals surface area contributed by atoms with Gasteiger partial charge in [0.1, 0.15) is 18.1 Å². The van der Waals surface area contributed by atoms with Gasteiger partial charge in [-0.15, -0.1) is 0 Å². The molecule has 0 spiro atoms. The summed E-state index contributed by atoms with van der Waals surface area (Å²) in [6, 6.07) is 12.3. The number of carbonyl (C=O) groups is 3. The van der Waals surface area contributed by atoms with E-state index in [4.69, 9.17) is 9.47 Å². The van der Waals surface area contributed by atoms with Crippen LogP contribution in [0.15, 0.2) is 48.5 Å². The standard InChI is InChI=1S/C20H21FN2O5/c1-23(12-15-6-3-4-9-17(15)27-2)18(24)13-28-19(25)11-22-20(26)14-7-5-8-16(21)10-14/h3-10H,11-13H2,1-2H3,(H,22,26). The maximum absolute atomic E-state index is 13.1. The highest BCUT2D eigenvalue weighted by atomic mass is 19.1. The minimum atomic E-state index is -0.774.